The van der Waals surface area contributed by atoms with Crippen molar-refractivity contribution >= 4 is 23.7 Å². The number of rotatable bonds is 2. The van der Waals surface area contributed by atoms with Gasteiger partial charge in [0.1, 0.15) is 11.6 Å². The van der Waals surface area contributed by atoms with Crippen molar-refractivity contribution in [3.05, 3.63) is 30.3 Å². The molecular weight excluding hydrogens is 298 g/mol. The van der Waals surface area contributed by atoms with Crippen molar-refractivity contribution < 1.29 is 19.1 Å². The van der Waals surface area contributed by atoms with Gasteiger partial charge in [0.25, 0.3) is 5.91 Å². The lowest BCUT2D eigenvalue weighted by molar-refractivity contribution is -0.121. The van der Waals surface area contributed by atoms with Gasteiger partial charge in [0.2, 0.25) is 0 Å². The van der Waals surface area contributed by atoms with E-state index in [0.29, 0.717) is 5.69 Å². The minimum absolute atomic E-state index is 0.153. The van der Waals surface area contributed by atoms with Crippen molar-refractivity contribution in [2.45, 2.75) is 32.4 Å². The third kappa shape index (κ3) is 3.80. The zero-order valence-electron chi connectivity index (χ0n) is 13.7. The first kappa shape index (κ1) is 16.8. The Kier molecular flexibility index (Phi) is 4.58. The van der Waals surface area contributed by atoms with Crippen LogP contribution in [0.5, 0.6) is 0 Å². The normalized spacial score (nSPS) is 17.7. The lowest BCUT2D eigenvalue weighted by Gasteiger charge is -2.29. The van der Waals surface area contributed by atoms with E-state index in [1.54, 1.807) is 51.1 Å². The Labute approximate surface area is 135 Å². The van der Waals surface area contributed by atoms with Crippen molar-refractivity contribution in [3.8, 4) is 0 Å². The number of hydrogen-bond acceptors (Lipinski definition) is 4. The average molecular weight is 319 g/mol. The Balaban J connectivity index is 2.32. The fourth-order valence-electron chi connectivity index (χ4n) is 2.20. The Hall–Kier alpha value is -2.57. The molecule has 0 aliphatic carbocycles. The van der Waals surface area contributed by atoms with E-state index in [0.717, 1.165) is 4.90 Å². The molecule has 1 aliphatic heterocycles. The SMILES string of the molecule is CN1C(=O)NCC1C(=O)N(C(=O)OC(C)(C)C)c1ccccc1. The second-order valence-corrected chi connectivity index (χ2v) is 6.30. The molecule has 1 aromatic rings. The second kappa shape index (κ2) is 6.28. The van der Waals surface area contributed by atoms with Gasteiger partial charge in [-0.15, -0.1) is 0 Å². The third-order valence-electron chi connectivity index (χ3n) is 3.33. The lowest BCUT2D eigenvalue weighted by Crippen LogP contribution is -2.50. The summed E-state index contributed by atoms with van der Waals surface area (Å²) in [6.07, 6.45) is -0.763. The molecule has 0 radical (unpaired) electrons. The molecule has 1 fully saturated rings. The molecule has 1 heterocycles. The molecule has 0 bridgehead atoms. The highest BCUT2D eigenvalue weighted by Gasteiger charge is 2.40. The van der Waals surface area contributed by atoms with Crippen LogP contribution in [0.2, 0.25) is 0 Å². The quantitative estimate of drug-likeness (QED) is 0.904. The number of carbonyl (C=O) groups excluding carboxylic acids is 3. The highest BCUT2D eigenvalue weighted by atomic mass is 16.6. The van der Waals surface area contributed by atoms with Gasteiger partial charge < -0.3 is 15.0 Å². The van der Waals surface area contributed by atoms with E-state index in [1.165, 1.54) is 11.9 Å². The third-order valence-corrected chi connectivity index (χ3v) is 3.33. The minimum atomic E-state index is -0.763. The molecule has 0 saturated carbocycles. The Bertz CT molecular complexity index is 610. The highest BCUT2D eigenvalue weighted by Crippen LogP contribution is 2.21. The predicted molar refractivity (Wildman–Crippen MR) is 85.1 cm³/mol. The van der Waals surface area contributed by atoms with E-state index in [9.17, 15) is 14.4 Å². The number of imide groups is 1. The van der Waals surface area contributed by atoms with Crippen LogP contribution in [0.15, 0.2) is 30.3 Å². The van der Waals surface area contributed by atoms with Crippen molar-refractivity contribution in [1.82, 2.24) is 10.2 Å². The summed E-state index contributed by atoms with van der Waals surface area (Å²) in [6, 6.07) is 7.42. The van der Waals surface area contributed by atoms with Gasteiger partial charge in [-0.05, 0) is 32.9 Å². The van der Waals surface area contributed by atoms with Gasteiger partial charge in [0, 0.05) is 13.6 Å². The van der Waals surface area contributed by atoms with E-state index < -0.39 is 23.6 Å². The van der Waals surface area contributed by atoms with E-state index in [1.807, 2.05) is 0 Å². The summed E-state index contributed by atoms with van der Waals surface area (Å²) < 4.78 is 5.34. The predicted octanol–water partition coefficient (Wildman–Crippen LogP) is 1.98. The maximum atomic E-state index is 12.8. The Morgan fingerprint density at radius 2 is 1.87 bits per heavy atom. The molecule has 1 atom stereocenters. The first-order chi connectivity index (χ1) is 10.7. The summed E-state index contributed by atoms with van der Waals surface area (Å²) >= 11 is 0. The summed E-state index contributed by atoms with van der Waals surface area (Å²) in [6.45, 7) is 5.34. The van der Waals surface area contributed by atoms with Crippen LogP contribution in [-0.2, 0) is 9.53 Å². The summed E-state index contributed by atoms with van der Waals surface area (Å²) in [5.41, 5.74) is -0.334. The number of ether oxygens (including phenoxy) is 1. The van der Waals surface area contributed by atoms with Gasteiger partial charge in [-0.1, -0.05) is 18.2 Å². The van der Waals surface area contributed by atoms with Gasteiger partial charge in [0.05, 0.1) is 5.69 Å². The van der Waals surface area contributed by atoms with Crippen LogP contribution in [-0.4, -0.2) is 48.2 Å². The van der Waals surface area contributed by atoms with Gasteiger partial charge in [-0.2, -0.15) is 0 Å². The number of amides is 4. The maximum Gasteiger partial charge on any atom is 0.421 e. The van der Waals surface area contributed by atoms with Gasteiger partial charge >= 0.3 is 12.1 Å². The molecule has 1 aromatic carbocycles. The molecule has 7 nitrogen and oxygen atoms in total. The molecule has 1 N–H and O–H groups in total. The van der Waals surface area contributed by atoms with E-state index >= 15 is 0 Å². The molecule has 2 rings (SSSR count). The van der Waals surface area contributed by atoms with Crippen LogP contribution in [0, 0.1) is 0 Å². The van der Waals surface area contributed by atoms with Crippen molar-refractivity contribution in [1.29, 1.82) is 0 Å². The monoisotopic (exact) mass is 319 g/mol. The van der Waals surface area contributed by atoms with E-state index in [-0.39, 0.29) is 12.6 Å². The van der Waals surface area contributed by atoms with Crippen molar-refractivity contribution in [3.63, 3.8) is 0 Å². The fourth-order valence-corrected chi connectivity index (χ4v) is 2.20. The molecule has 1 unspecified atom stereocenters. The van der Waals surface area contributed by atoms with E-state index in [4.69, 9.17) is 4.74 Å². The molecule has 7 heteroatoms. The molecule has 23 heavy (non-hydrogen) atoms. The smallest absolute Gasteiger partial charge is 0.421 e. The number of urea groups is 1. The summed E-state index contributed by atoms with van der Waals surface area (Å²) in [5, 5.41) is 2.58. The van der Waals surface area contributed by atoms with Crippen LogP contribution < -0.4 is 10.2 Å². The highest BCUT2D eigenvalue weighted by molar-refractivity contribution is 6.15. The lowest BCUT2D eigenvalue weighted by atomic mass is 10.2. The number of benzene rings is 1. The molecule has 0 aromatic heterocycles. The number of anilines is 1. The first-order valence-corrected chi connectivity index (χ1v) is 7.33. The molecular formula is C16H21N3O4. The average Bonchev–Trinajstić information content (AvgIpc) is 2.78. The molecule has 1 aliphatic rings. The topological polar surface area (TPSA) is 79.0 Å². The standard InChI is InChI=1S/C16H21N3O4/c1-16(2,3)23-15(22)19(11-8-6-5-7-9-11)13(20)12-10-17-14(21)18(12)4/h5-9,12H,10H2,1-4H3,(H,17,21). The number of para-hydroxylation sites is 1. The number of hydrogen-bond donors (Lipinski definition) is 1. The fraction of sp³-hybridized carbons (Fsp3) is 0.438. The van der Waals surface area contributed by atoms with Gasteiger partial charge in [-0.25, -0.2) is 14.5 Å². The number of carbonyl (C=O) groups is 3. The van der Waals surface area contributed by atoms with Crippen molar-refractivity contribution in [2.24, 2.45) is 0 Å². The molecule has 0 spiro atoms. The zero-order valence-corrected chi connectivity index (χ0v) is 13.7. The summed E-state index contributed by atoms with van der Waals surface area (Å²) in [7, 11) is 1.52. The summed E-state index contributed by atoms with van der Waals surface area (Å²) in [4.78, 5) is 39.2. The Morgan fingerprint density at radius 3 is 2.35 bits per heavy atom. The van der Waals surface area contributed by atoms with Crippen LogP contribution in [0.4, 0.5) is 15.3 Å². The largest absolute Gasteiger partial charge is 0.443 e. The Morgan fingerprint density at radius 1 is 1.26 bits per heavy atom. The number of likely N-dealkylation sites (N-methyl/N-ethyl adjacent to an activating group) is 1. The number of nitrogens with zero attached hydrogens (tertiary/aromatic N) is 2. The minimum Gasteiger partial charge on any atom is -0.443 e. The van der Waals surface area contributed by atoms with Crippen LogP contribution in [0.1, 0.15) is 20.8 Å². The van der Waals surface area contributed by atoms with Gasteiger partial charge in [0.15, 0.2) is 0 Å². The zero-order chi connectivity index (χ0) is 17.2. The summed E-state index contributed by atoms with van der Waals surface area (Å²) in [5.74, 6) is -0.508. The van der Waals surface area contributed by atoms with Crippen LogP contribution in [0.25, 0.3) is 0 Å². The second-order valence-electron chi connectivity index (χ2n) is 6.30. The van der Waals surface area contributed by atoms with Crippen LogP contribution >= 0.6 is 0 Å². The van der Waals surface area contributed by atoms with Gasteiger partial charge in [-0.3, -0.25) is 4.79 Å². The first-order valence-electron chi connectivity index (χ1n) is 7.33. The van der Waals surface area contributed by atoms with Crippen molar-refractivity contribution in [2.75, 3.05) is 18.5 Å². The van der Waals surface area contributed by atoms with E-state index in [2.05, 4.69) is 5.32 Å². The molecule has 124 valence electrons. The molecule has 4 amide bonds. The van der Waals surface area contributed by atoms with Crippen LogP contribution in [0.3, 0.4) is 0 Å². The number of nitrogens with one attached hydrogen (secondary N) is 1. The maximum absolute atomic E-state index is 12.8. The molecule has 1 saturated heterocycles.